The molecular weight excluding hydrogens is 252 g/mol. The number of amides is 3. The van der Waals surface area contributed by atoms with Crippen molar-refractivity contribution in [2.75, 3.05) is 39.3 Å². The van der Waals surface area contributed by atoms with Crippen molar-refractivity contribution in [2.24, 2.45) is 0 Å². The van der Waals surface area contributed by atoms with Crippen LogP contribution >= 0.6 is 0 Å². The van der Waals surface area contributed by atoms with E-state index in [2.05, 4.69) is 10.6 Å². The van der Waals surface area contributed by atoms with Gasteiger partial charge in [-0.15, -0.1) is 0 Å². The van der Waals surface area contributed by atoms with Crippen LogP contribution in [0, 0.1) is 0 Å². The van der Waals surface area contributed by atoms with E-state index < -0.39 is 6.23 Å². The smallest absolute Gasteiger partial charge is 0.240 e. The molecule has 0 aromatic rings. The largest absolute Gasteiger partial charge is 0.372 e. The first-order valence-corrected chi connectivity index (χ1v) is 6.28. The Kier molecular flexibility index (Phi) is 4.46. The molecule has 19 heavy (non-hydrogen) atoms. The van der Waals surface area contributed by atoms with Gasteiger partial charge in [-0.3, -0.25) is 29.5 Å². The van der Waals surface area contributed by atoms with E-state index >= 15 is 0 Å². The maximum atomic E-state index is 11.2. The molecule has 3 amide bonds. The number of hydrogen-bond donors (Lipinski definition) is 3. The van der Waals surface area contributed by atoms with Gasteiger partial charge in [0, 0.05) is 19.6 Å². The molecular formula is C11H18N4O4. The molecule has 0 aliphatic carbocycles. The van der Waals surface area contributed by atoms with E-state index in [-0.39, 0.29) is 37.4 Å². The van der Waals surface area contributed by atoms with Crippen molar-refractivity contribution >= 4 is 17.7 Å². The van der Waals surface area contributed by atoms with Crippen LogP contribution in [0.4, 0.5) is 0 Å². The third-order valence-corrected chi connectivity index (χ3v) is 3.09. The van der Waals surface area contributed by atoms with Crippen LogP contribution in [0.15, 0.2) is 0 Å². The topological polar surface area (TPSA) is 102 Å². The molecule has 2 saturated heterocycles. The Morgan fingerprint density at radius 2 is 1.58 bits per heavy atom. The van der Waals surface area contributed by atoms with Gasteiger partial charge in [-0.2, -0.15) is 0 Å². The van der Waals surface area contributed by atoms with Crippen molar-refractivity contribution in [3.8, 4) is 0 Å². The number of carbonyl (C=O) groups excluding carboxylic acids is 3. The number of aliphatic hydroxyl groups is 1. The highest BCUT2D eigenvalue weighted by atomic mass is 16.3. The molecule has 0 saturated carbocycles. The van der Waals surface area contributed by atoms with Crippen molar-refractivity contribution in [2.45, 2.75) is 12.6 Å². The lowest BCUT2D eigenvalue weighted by atomic mass is 10.2. The van der Waals surface area contributed by atoms with Crippen LogP contribution in [0.25, 0.3) is 0 Å². The van der Waals surface area contributed by atoms with Gasteiger partial charge in [-0.1, -0.05) is 0 Å². The second-order valence-electron chi connectivity index (χ2n) is 4.85. The summed E-state index contributed by atoms with van der Waals surface area (Å²) in [5.41, 5.74) is 0. The van der Waals surface area contributed by atoms with E-state index in [1.54, 1.807) is 4.90 Å². The summed E-state index contributed by atoms with van der Waals surface area (Å²) in [6.07, 6.45) is -0.0795. The van der Waals surface area contributed by atoms with Crippen LogP contribution in [0.1, 0.15) is 6.42 Å². The normalized spacial score (nSPS) is 26.2. The van der Waals surface area contributed by atoms with Crippen LogP contribution in [-0.2, 0) is 14.4 Å². The molecule has 2 aliphatic rings. The van der Waals surface area contributed by atoms with Gasteiger partial charge in [0.1, 0.15) is 6.23 Å². The lowest BCUT2D eigenvalue weighted by Gasteiger charge is -2.31. The molecule has 8 nitrogen and oxygen atoms in total. The molecule has 106 valence electrons. The maximum absolute atomic E-state index is 11.2. The van der Waals surface area contributed by atoms with Gasteiger partial charge in [0.15, 0.2) is 0 Å². The van der Waals surface area contributed by atoms with Gasteiger partial charge < -0.3 is 10.4 Å². The van der Waals surface area contributed by atoms with Gasteiger partial charge in [0.25, 0.3) is 0 Å². The number of piperazine rings is 2. The quantitative estimate of drug-likeness (QED) is 0.473. The van der Waals surface area contributed by atoms with Gasteiger partial charge in [0.05, 0.1) is 19.6 Å². The fraction of sp³-hybridized carbons (Fsp3) is 0.727. The third-order valence-electron chi connectivity index (χ3n) is 3.09. The number of rotatable bonds is 4. The average Bonchev–Trinajstić information content (AvgIpc) is 2.26. The zero-order chi connectivity index (χ0) is 13.8. The van der Waals surface area contributed by atoms with E-state index in [1.165, 1.54) is 0 Å². The number of nitrogens with zero attached hydrogens (tertiary/aromatic N) is 2. The zero-order valence-corrected chi connectivity index (χ0v) is 10.6. The predicted octanol–water partition coefficient (Wildman–Crippen LogP) is -2.91. The summed E-state index contributed by atoms with van der Waals surface area (Å²) in [4.78, 5) is 37.2. The summed E-state index contributed by atoms with van der Waals surface area (Å²) in [6, 6.07) is 0. The fourth-order valence-corrected chi connectivity index (χ4v) is 2.33. The Bertz CT molecular complexity index is 371. The molecule has 0 spiro atoms. The summed E-state index contributed by atoms with van der Waals surface area (Å²) >= 11 is 0. The van der Waals surface area contributed by atoms with Crippen LogP contribution in [0.3, 0.4) is 0 Å². The first-order chi connectivity index (χ1) is 9.02. The van der Waals surface area contributed by atoms with E-state index in [0.717, 1.165) is 6.42 Å². The summed E-state index contributed by atoms with van der Waals surface area (Å²) in [5, 5.41) is 14.1. The highest BCUT2D eigenvalue weighted by Crippen LogP contribution is 2.02. The standard InChI is InChI=1S/C11H18N4O4/c16-8-4-14(5-9(17)12-8)2-1-3-15-6-10(18)13-11(19)7-15/h8,16H,1-7H2,(H,12,17)(H,13,18,19). The van der Waals surface area contributed by atoms with Gasteiger partial charge in [-0.25, -0.2) is 0 Å². The van der Waals surface area contributed by atoms with Crippen LogP contribution in [0.2, 0.25) is 0 Å². The van der Waals surface area contributed by atoms with Gasteiger partial charge in [-0.05, 0) is 6.42 Å². The Labute approximate surface area is 110 Å². The fourth-order valence-electron chi connectivity index (χ4n) is 2.33. The first-order valence-electron chi connectivity index (χ1n) is 6.28. The first kappa shape index (κ1) is 13.9. The number of imide groups is 1. The molecule has 3 N–H and O–H groups in total. The van der Waals surface area contributed by atoms with Crippen molar-refractivity contribution in [3.63, 3.8) is 0 Å². The van der Waals surface area contributed by atoms with E-state index in [0.29, 0.717) is 19.6 Å². The van der Waals surface area contributed by atoms with Crippen LogP contribution < -0.4 is 10.6 Å². The SMILES string of the molecule is O=C1CN(CCCN2CC(=O)NC(O)C2)CC(=O)N1. The van der Waals surface area contributed by atoms with Crippen molar-refractivity contribution in [1.82, 2.24) is 20.4 Å². The minimum atomic E-state index is -0.816. The van der Waals surface area contributed by atoms with Gasteiger partial charge in [0.2, 0.25) is 17.7 Å². The molecule has 0 radical (unpaired) electrons. The molecule has 1 unspecified atom stereocenters. The molecule has 1 atom stereocenters. The molecule has 8 heteroatoms. The Morgan fingerprint density at radius 3 is 2.21 bits per heavy atom. The highest BCUT2D eigenvalue weighted by molar-refractivity contribution is 5.99. The maximum Gasteiger partial charge on any atom is 0.240 e. The average molecular weight is 270 g/mol. The van der Waals surface area contributed by atoms with Crippen molar-refractivity contribution < 1.29 is 19.5 Å². The molecule has 0 bridgehead atoms. The third kappa shape index (κ3) is 4.27. The van der Waals surface area contributed by atoms with Crippen LogP contribution in [-0.4, -0.2) is 78.1 Å². The van der Waals surface area contributed by atoms with E-state index in [4.69, 9.17) is 0 Å². The minimum Gasteiger partial charge on any atom is -0.372 e. The second-order valence-corrected chi connectivity index (χ2v) is 4.85. The highest BCUT2D eigenvalue weighted by Gasteiger charge is 2.24. The second kappa shape index (κ2) is 6.09. The Balaban J connectivity index is 1.70. The predicted molar refractivity (Wildman–Crippen MR) is 64.8 cm³/mol. The number of carbonyl (C=O) groups is 3. The lowest BCUT2D eigenvalue weighted by molar-refractivity contribution is -0.136. The molecule has 2 fully saturated rings. The summed E-state index contributed by atoms with van der Waals surface area (Å²) in [6.45, 7) is 2.41. The van der Waals surface area contributed by atoms with E-state index in [9.17, 15) is 19.5 Å². The number of aliphatic hydroxyl groups excluding tert-OH is 1. The van der Waals surface area contributed by atoms with E-state index in [1.807, 2.05) is 4.90 Å². The van der Waals surface area contributed by atoms with Crippen molar-refractivity contribution in [1.29, 1.82) is 0 Å². The Hall–Kier alpha value is -1.51. The summed E-state index contributed by atoms with van der Waals surface area (Å²) in [7, 11) is 0. The zero-order valence-electron chi connectivity index (χ0n) is 10.6. The van der Waals surface area contributed by atoms with Gasteiger partial charge >= 0.3 is 0 Å². The molecule has 0 aromatic carbocycles. The molecule has 0 aromatic heterocycles. The molecule has 2 rings (SSSR count). The number of β-amino-alcohol motifs (C(OH)–C–C–N with tert-alkyl or cyclic N) is 1. The lowest BCUT2D eigenvalue weighted by Crippen LogP contribution is -2.55. The number of hydrogen-bond acceptors (Lipinski definition) is 6. The summed E-state index contributed by atoms with van der Waals surface area (Å²) < 4.78 is 0. The Morgan fingerprint density at radius 1 is 1.00 bits per heavy atom. The molecule has 2 aliphatic heterocycles. The van der Waals surface area contributed by atoms with Crippen LogP contribution in [0.5, 0.6) is 0 Å². The van der Waals surface area contributed by atoms with Crippen molar-refractivity contribution in [3.05, 3.63) is 0 Å². The molecule has 2 heterocycles. The minimum absolute atomic E-state index is 0.189. The summed E-state index contributed by atoms with van der Waals surface area (Å²) in [5.74, 6) is -0.737. The number of nitrogens with one attached hydrogen (secondary N) is 2. The monoisotopic (exact) mass is 270 g/mol.